The van der Waals surface area contributed by atoms with Crippen LogP contribution in [0.2, 0.25) is 0 Å². The predicted octanol–water partition coefficient (Wildman–Crippen LogP) is 0.552. The first-order valence-corrected chi connectivity index (χ1v) is 6.49. The highest BCUT2D eigenvalue weighted by Gasteiger charge is 2.42. The van der Waals surface area contributed by atoms with E-state index in [9.17, 15) is 0 Å². The zero-order valence-electron chi connectivity index (χ0n) is 9.54. The number of hydrogen-bond acceptors (Lipinski definition) is 3. The van der Waals surface area contributed by atoms with E-state index in [-0.39, 0.29) is 0 Å². The number of hydrogen-bond donors (Lipinski definition) is 2. The third-order valence-electron chi connectivity index (χ3n) is 4.44. The van der Waals surface area contributed by atoms with E-state index in [0.717, 1.165) is 25.2 Å². The lowest BCUT2D eigenvalue weighted by atomic mass is 10.1. The summed E-state index contributed by atoms with van der Waals surface area (Å²) >= 11 is 0. The molecule has 0 aromatic rings. The lowest BCUT2D eigenvalue weighted by Gasteiger charge is -2.19. The van der Waals surface area contributed by atoms with Gasteiger partial charge in [-0.2, -0.15) is 0 Å². The molecule has 0 spiro atoms. The fraction of sp³-hybridized carbons (Fsp3) is 1.00. The zero-order chi connectivity index (χ0) is 10.3. The molecule has 3 nitrogen and oxygen atoms in total. The SMILES string of the molecule is NCC1(CNC2CCN(C3CC3)C2)CC1. The maximum atomic E-state index is 5.79. The van der Waals surface area contributed by atoms with Crippen LogP contribution in [0.4, 0.5) is 0 Å². The van der Waals surface area contributed by atoms with E-state index in [1.54, 1.807) is 0 Å². The van der Waals surface area contributed by atoms with Crippen LogP contribution >= 0.6 is 0 Å². The van der Waals surface area contributed by atoms with E-state index < -0.39 is 0 Å². The van der Waals surface area contributed by atoms with Crippen LogP contribution < -0.4 is 11.1 Å². The Labute approximate surface area is 92.4 Å². The minimum atomic E-state index is 0.493. The van der Waals surface area contributed by atoms with Crippen molar-refractivity contribution in [3.63, 3.8) is 0 Å². The molecule has 86 valence electrons. The van der Waals surface area contributed by atoms with E-state index in [2.05, 4.69) is 10.2 Å². The van der Waals surface area contributed by atoms with Crippen molar-refractivity contribution in [1.29, 1.82) is 0 Å². The normalized spacial score (nSPS) is 34.6. The van der Waals surface area contributed by atoms with Gasteiger partial charge in [0.1, 0.15) is 0 Å². The molecule has 0 radical (unpaired) electrons. The molecule has 1 unspecified atom stereocenters. The summed E-state index contributed by atoms with van der Waals surface area (Å²) in [5, 5.41) is 3.73. The molecule has 0 amide bonds. The van der Waals surface area contributed by atoms with E-state index in [1.165, 1.54) is 45.2 Å². The second-order valence-corrected chi connectivity index (χ2v) is 5.80. The second kappa shape index (κ2) is 3.72. The van der Waals surface area contributed by atoms with Crippen molar-refractivity contribution in [2.75, 3.05) is 26.2 Å². The number of likely N-dealkylation sites (tertiary alicyclic amines) is 1. The fourth-order valence-corrected chi connectivity index (χ4v) is 2.72. The molecule has 1 atom stereocenters. The Balaban J connectivity index is 1.41. The van der Waals surface area contributed by atoms with Crippen molar-refractivity contribution in [1.82, 2.24) is 10.2 Å². The van der Waals surface area contributed by atoms with Gasteiger partial charge in [-0.25, -0.2) is 0 Å². The van der Waals surface area contributed by atoms with Crippen LogP contribution in [0.15, 0.2) is 0 Å². The Morgan fingerprint density at radius 1 is 1.27 bits per heavy atom. The van der Waals surface area contributed by atoms with Gasteiger partial charge in [0.25, 0.3) is 0 Å². The molecule has 2 saturated carbocycles. The van der Waals surface area contributed by atoms with Crippen molar-refractivity contribution in [3.8, 4) is 0 Å². The summed E-state index contributed by atoms with van der Waals surface area (Å²) < 4.78 is 0. The zero-order valence-corrected chi connectivity index (χ0v) is 9.54. The monoisotopic (exact) mass is 209 g/mol. The first-order chi connectivity index (χ1) is 7.31. The standard InChI is InChI=1S/C12H23N3/c13-8-12(4-5-12)9-14-10-3-6-15(7-10)11-1-2-11/h10-11,14H,1-9,13H2. The molecule has 3 heteroatoms. The van der Waals surface area contributed by atoms with Crippen molar-refractivity contribution in [3.05, 3.63) is 0 Å². The Bertz CT molecular complexity index is 233. The quantitative estimate of drug-likeness (QED) is 0.695. The largest absolute Gasteiger partial charge is 0.330 e. The van der Waals surface area contributed by atoms with Gasteiger partial charge >= 0.3 is 0 Å². The van der Waals surface area contributed by atoms with Crippen LogP contribution in [-0.4, -0.2) is 43.2 Å². The third-order valence-corrected chi connectivity index (χ3v) is 4.44. The van der Waals surface area contributed by atoms with Gasteiger partial charge in [-0.3, -0.25) is 4.90 Å². The van der Waals surface area contributed by atoms with Gasteiger partial charge in [-0.1, -0.05) is 0 Å². The fourth-order valence-electron chi connectivity index (χ4n) is 2.72. The summed E-state index contributed by atoms with van der Waals surface area (Å²) in [6.07, 6.45) is 6.92. The number of nitrogens with one attached hydrogen (secondary N) is 1. The van der Waals surface area contributed by atoms with Crippen LogP contribution in [0, 0.1) is 5.41 Å². The molecule has 3 rings (SSSR count). The lowest BCUT2D eigenvalue weighted by molar-refractivity contribution is 0.313. The molecule has 3 aliphatic rings. The highest BCUT2D eigenvalue weighted by atomic mass is 15.2. The summed E-state index contributed by atoms with van der Waals surface area (Å²) in [6, 6.07) is 1.69. The summed E-state index contributed by atoms with van der Waals surface area (Å²) in [7, 11) is 0. The summed E-state index contributed by atoms with van der Waals surface area (Å²) in [6.45, 7) is 4.63. The number of nitrogens with zero attached hydrogens (tertiary/aromatic N) is 1. The topological polar surface area (TPSA) is 41.3 Å². The van der Waals surface area contributed by atoms with Crippen LogP contribution in [0.5, 0.6) is 0 Å². The molecule has 15 heavy (non-hydrogen) atoms. The first kappa shape index (κ1) is 10.1. The molecule has 2 aliphatic carbocycles. The maximum Gasteiger partial charge on any atom is 0.0207 e. The summed E-state index contributed by atoms with van der Waals surface area (Å²) in [5.74, 6) is 0. The average Bonchev–Trinajstić information content (AvgIpc) is 3.17. The van der Waals surface area contributed by atoms with Crippen LogP contribution in [0.1, 0.15) is 32.1 Å². The maximum absolute atomic E-state index is 5.79. The molecule has 1 aliphatic heterocycles. The molecule has 0 aromatic heterocycles. The van der Waals surface area contributed by atoms with Crippen LogP contribution in [0.25, 0.3) is 0 Å². The van der Waals surface area contributed by atoms with Gasteiger partial charge in [-0.15, -0.1) is 0 Å². The number of rotatable bonds is 5. The molecule has 0 bridgehead atoms. The number of nitrogens with two attached hydrogens (primary N) is 1. The molecule has 0 aromatic carbocycles. The van der Waals surface area contributed by atoms with Gasteiger partial charge in [-0.05, 0) is 44.1 Å². The van der Waals surface area contributed by atoms with Gasteiger partial charge in [0.15, 0.2) is 0 Å². The molecule has 3 fully saturated rings. The lowest BCUT2D eigenvalue weighted by Crippen LogP contribution is -2.38. The van der Waals surface area contributed by atoms with Crippen LogP contribution in [-0.2, 0) is 0 Å². The van der Waals surface area contributed by atoms with Crippen molar-refractivity contribution in [2.24, 2.45) is 11.1 Å². The smallest absolute Gasteiger partial charge is 0.0207 e. The van der Waals surface area contributed by atoms with Gasteiger partial charge < -0.3 is 11.1 Å². The van der Waals surface area contributed by atoms with E-state index >= 15 is 0 Å². The third kappa shape index (κ3) is 2.19. The summed E-state index contributed by atoms with van der Waals surface area (Å²) in [5.41, 5.74) is 6.28. The van der Waals surface area contributed by atoms with E-state index in [4.69, 9.17) is 5.73 Å². The minimum Gasteiger partial charge on any atom is -0.330 e. The van der Waals surface area contributed by atoms with Crippen LogP contribution in [0.3, 0.4) is 0 Å². The van der Waals surface area contributed by atoms with E-state index in [1.807, 2.05) is 0 Å². The summed E-state index contributed by atoms with van der Waals surface area (Å²) in [4.78, 5) is 2.67. The second-order valence-electron chi connectivity index (χ2n) is 5.80. The first-order valence-electron chi connectivity index (χ1n) is 6.49. The molecular formula is C12H23N3. The van der Waals surface area contributed by atoms with E-state index in [0.29, 0.717) is 5.41 Å². The van der Waals surface area contributed by atoms with Gasteiger partial charge in [0, 0.05) is 31.7 Å². The molecule has 1 saturated heterocycles. The highest BCUT2D eigenvalue weighted by molar-refractivity contribution is 4.98. The van der Waals surface area contributed by atoms with Gasteiger partial charge in [0.05, 0.1) is 0 Å². The van der Waals surface area contributed by atoms with Gasteiger partial charge in [0.2, 0.25) is 0 Å². The Kier molecular flexibility index (Phi) is 2.49. The average molecular weight is 209 g/mol. The molecular weight excluding hydrogens is 186 g/mol. The minimum absolute atomic E-state index is 0.493. The van der Waals surface area contributed by atoms with Crippen molar-refractivity contribution < 1.29 is 0 Å². The molecule has 1 heterocycles. The predicted molar refractivity (Wildman–Crippen MR) is 61.7 cm³/mol. The Morgan fingerprint density at radius 3 is 2.67 bits per heavy atom. The molecule has 3 N–H and O–H groups in total. The van der Waals surface area contributed by atoms with Crippen molar-refractivity contribution in [2.45, 2.75) is 44.2 Å². The highest BCUT2D eigenvalue weighted by Crippen LogP contribution is 2.43. The Morgan fingerprint density at radius 2 is 2.07 bits per heavy atom. The Hall–Kier alpha value is -0.120. The van der Waals surface area contributed by atoms with Crippen molar-refractivity contribution >= 4 is 0 Å².